The van der Waals surface area contributed by atoms with Crippen molar-refractivity contribution >= 4 is 23.4 Å². The lowest BCUT2D eigenvalue weighted by Gasteiger charge is -2.34. The summed E-state index contributed by atoms with van der Waals surface area (Å²) in [5.41, 5.74) is 0.607. The van der Waals surface area contributed by atoms with E-state index in [1.54, 1.807) is 17.0 Å². The molecule has 0 radical (unpaired) electrons. The van der Waals surface area contributed by atoms with Crippen molar-refractivity contribution in [2.75, 3.05) is 18.4 Å². The zero-order valence-electron chi connectivity index (χ0n) is 13.2. The number of amides is 1. The lowest BCUT2D eigenvalue weighted by molar-refractivity contribution is -0.918. The molecule has 1 aromatic carbocycles. The average Bonchev–Trinajstić information content (AvgIpc) is 3.04. The molecule has 4 nitrogen and oxygen atoms in total. The molecule has 0 bridgehead atoms. The summed E-state index contributed by atoms with van der Waals surface area (Å²) in [6, 6.07) is 7.70. The molecule has 0 spiro atoms. The van der Waals surface area contributed by atoms with E-state index in [1.165, 1.54) is 38.8 Å². The highest BCUT2D eigenvalue weighted by molar-refractivity contribution is 6.33. The number of likely N-dealkylation sites (tertiary alicyclic amines) is 1. The zero-order valence-corrected chi connectivity index (χ0v) is 14.7. The minimum atomic E-state index is -0.386. The van der Waals surface area contributed by atoms with Crippen LogP contribution in [-0.4, -0.2) is 31.3 Å². The smallest absolute Gasteiger partial charge is 0.412 e. The molecule has 128 valence electrons. The Balaban J connectivity index is 0.00000192. The number of quaternary nitrogens is 1. The first-order valence-corrected chi connectivity index (χ1v) is 8.68. The zero-order chi connectivity index (χ0) is 15.4. The van der Waals surface area contributed by atoms with E-state index in [-0.39, 0.29) is 24.6 Å². The van der Waals surface area contributed by atoms with Gasteiger partial charge >= 0.3 is 6.09 Å². The molecule has 2 unspecified atom stereocenters. The minimum Gasteiger partial charge on any atom is -1.00 e. The highest BCUT2D eigenvalue weighted by Gasteiger charge is 2.37. The van der Waals surface area contributed by atoms with Gasteiger partial charge < -0.3 is 22.0 Å². The first kappa shape index (κ1) is 18.4. The Kier molecular flexibility index (Phi) is 7.00. The van der Waals surface area contributed by atoms with Gasteiger partial charge in [-0.25, -0.2) is 4.79 Å². The van der Waals surface area contributed by atoms with Crippen LogP contribution in [0, 0.1) is 0 Å². The second-order valence-corrected chi connectivity index (χ2v) is 6.71. The van der Waals surface area contributed by atoms with E-state index in [1.807, 2.05) is 12.1 Å². The molecule has 0 aromatic heterocycles. The number of ether oxygens (including phenoxy) is 1. The van der Waals surface area contributed by atoms with Crippen molar-refractivity contribution in [3.05, 3.63) is 29.3 Å². The van der Waals surface area contributed by atoms with E-state index in [4.69, 9.17) is 16.3 Å². The number of nitrogens with one attached hydrogen (secondary N) is 2. The quantitative estimate of drug-likeness (QED) is 0.791. The fourth-order valence-electron chi connectivity index (χ4n) is 3.74. The molecule has 1 amide bonds. The summed E-state index contributed by atoms with van der Waals surface area (Å²) in [5, 5.41) is 3.30. The van der Waals surface area contributed by atoms with Crippen LogP contribution in [0.3, 0.4) is 0 Å². The van der Waals surface area contributed by atoms with Gasteiger partial charge in [-0.1, -0.05) is 23.7 Å². The van der Waals surface area contributed by atoms with Gasteiger partial charge in [0.2, 0.25) is 0 Å². The molecule has 2 fully saturated rings. The van der Waals surface area contributed by atoms with Crippen LogP contribution in [0.2, 0.25) is 5.02 Å². The Labute approximate surface area is 148 Å². The van der Waals surface area contributed by atoms with Crippen molar-refractivity contribution in [2.24, 2.45) is 0 Å². The van der Waals surface area contributed by atoms with E-state index in [0.717, 1.165) is 12.8 Å². The Morgan fingerprint density at radius 2 is 1.83 bits per heavy atom. The number of rotatable bonds is 3. The van der Waals surface area contributed by atoms with E-state index in [2.05, 4.69) is 5.32 Å². The Hall–Kier alpha value is -0.970. The maximum absolute atomic E-state index is 12.2. The topological polar surface area (TPSA) is 42.8 Å². The Morgan fingerprint density at radius 1 is 1.13 bits per heavy atom. The van der Waals surface area contributed by atoms with Gasteiger partial charge in [0, 0.05) is 19.3 Å². The fourth-order valence-corrected chi connectivity index (χ4v) is 3.93. The van der Waals surface area contributed by atoms with Gasteiger partial charge in [0.1, 0.15) is 6.04 Å². The number of hydrogen-bond acceptors (Lipinski definition) is 2. The van der Waals surface area contributed by atoms with Gasteiger partial charge in [0.05, 0.1) is 23.8 Å². The van der Waals surface area contributed by atoms with Crippen molar-refractivity contribution in [1.29, 1.82) is 0 Å². The summed E-state index contributed by atoms with van der Waals surface area (Å²) in [7, 11) is 0. The highest BCUT2D eigenvalue weighted by atomic mass is 35.5. The molecule has 3 rings (SSSR count). The summed E-state index contributed by atoms with van der Waals surface area (Å²) < 4.78 is 5.75. The number of anilines is 1. The monoisotopic (exact) mass is 358 g/mol. The first-order valence-electron chi connectivity index (χ1n) is 8.31. The normalized spacial score (nSPS) is 24.7. The van der Waals surface area contributed by atoms with Gasteiger partial charge in [-0.05, 0) is 31.4 Å². The molecule has 1 aromatic rings. The predicted molar refractivity (Wildman–Crippen MR) is 87.5 cm³/mol. The maximum atomic E-state index is 12.2. The third-order valence-electron chi connectivity index (χ3n) is 4.84. The van der Waals surface area contributed by atoms with Crippen LogP contribution in [0.15, 0.2) is 24.3 Å². The summed E-state index contributed by atoms with van der Waals surface area (Å²) >= 11 is 6.07. The minimum absolute atomic E-state index is 0. The van der Waals surface area contributed by atoms with Crippen molar-refractivity contribution < 1.29 is 26.8 Å². The Morgan fingerprint density at radius 3 is 2.57 bits per heavy atom. The van der Waals surface area contributed by atoms with Crippen LogP contribution in [0.4, 0.5) is 10.5 Å². The van der Waals surface area contributed by atoms with Crippen LogP contribution >= 0.6 is 11.6 Å². The molecule has 1 aliphatic carbocycles. The van der Waals surface area contributed by atoms with Crippen LogP contribution < -0.4 is 22.6 Å². The summed E-state index contributed by atoms with van der Waals surface area (Å²) in [6.07, 6.45) is 6.78. The van der Waals surface area contributed by atoms with Crippen molar-refractivity contribution in [1.82, 2.24) is 0 Å². The van der Waals surface area contributed by atoms with Crippen LogP contribution in [0.1, 0.15) is 38.5 Å². The number of carbonyl (C=O) groups excluding carboxylic acids is 1. The van der Waals surface area contributed by atoms with Crippen molar-refractivity contribution in [3.63, 3.8) is 0 Å². The Bertz CT molecular complexity index is 521. The van der Waals surface area contributed by atoms with Gasteiger partial charge in [-0.2, -0.15) is 0 Å². The van der Waals surface area contributed by atoms with E-state index >= 15 is 0 Å². The van der Waals surface area contributed by atoms with E-state index < -0.39 is 0 Å². The van der Waals surface area contributed by atoms with Gasteiger partial charge in [-0.3, -0.25) is 5.32 Å². The van der Waals surface area contributed by atoms with Crippen LogP contribution in [-0.2, 0) is 4.74 Å². The summed E-state index contributed by atoms with van der Waals surface area (Å²) in [4.78, 5) is 13.8. The number of para-hydroxylation sites is 1. The van der Waals surface area contributed by atoms with E-state index in [0.29, 0.717) is 16.8 Å². The second kappa shape index (κ2) is 8.76. The van der Waals surface area contributed by atoms with Gasteiger partial charge in [0.15, 0.2) is 6.10 Å². The average molecular weight is 359 g/mol. The van der Waals surface area contributed by atoms with Crippen LogP contribution in [0.5, 0.6) is 0 Å². The highest BCUT2D eigenvalue weighted by Crippen LogP contribution is 2.23. The van der Waals surface area contributed by atoms with Crippen molar-refractivity contribution in [3.8, 4) is 0 Å². The lowest BCUT2D eigenvalue weighted by atomic mass is 9.91. The molecule has 1 saturated heterocycles. The largest absolute Gasteiger partial charge is 1.00 e. The SMILES string of the molecule is O=C(Nc1ccccc1Cl)OC1CCCCC1[NH+]1CCCC1.[Cl-]. The van der Waals surface area contributed by atoms with E-state index in [9.17, 15) is 4.79 Å². The number of halogens is 2. The molecular formula is C17H24Cl2N2O2. The molecule has 23 heavy (non-hydrogen) atoms. The maximum Gasteiger partial charge on any atom is 0.412 e. The number of hydrogen-bond donors (Lipinski definition) is 2. The molecule has 1 aliphatic heterocycles. The standard InChI is InChI=1S/C17H23ClN2O2.ClH/c18-13-7-1-2-8-14(13)19-17(21)22-16-10-4-3-9-15(16)20-11-5-6-12-20;/h1-2,7-8,15-16H,3-6,9-12H2,(H,19,21);1H. The molecule has 2 atom stereocenters. The molecule has 2 N–H and O–H groups in total. The summed E-state index contributed by atoms with van der Waals surface area (Å²) in [5.74, 6) is 0. The predicted octanol–water partition coefficient (Wildman–Crippen LogP) is -0.118. The fraction of sp³-hybridized carbons (Fsp3) is 0.588. The molecule has 1 saturated carbocycles. The second-order valence-electron chi connectivity index (χ2n) is 6.30. The first-order chi connectivity index (χ1) is 10.7. The van der Waals surface area contributed by atoms with Crippen molar-refractivity contribution in [2.45, 2.75) is 50.7 Å². The molecular weight excluding hydrogens is 335 g/mol. The van der Waals surface area contributed by atoms with Gasteiger partial charge in [-0.15, -0.1) is 0 Å². The lowest BCUT2D eigenvalue weighted by Crippen LogP contribution is -3.15. The summed E-state index contributed by atoms with van der Waals surface area (Å²) in [6.45, 7) is 2.44. The number of carbonyl (C=O) groups is 1. The third kappa shape index (κ3) is 4.75. The molecule has 1 heterocycles. The third-order valence-corrected chi connectivity index (χ3v) is 5.17. The van der Waals surface area contributed by atoms with Crippen LogP contribution in [0.25, 0.3) is 0 Å². The molecule has 2 aliphatic rings. The molecule has 6 heteroatoms. The number of benzene rings is 1. The van der Waals surface area contributed by atoms with Gasteiger partial charge in [0.25, 0.3) is 0 Å².